The molecule has 2 aromatic rings. The molecule has 0 unspecified atom stereocenters. The molecule has 0 saturated carbocycles. The van der Waals surface area contributed by atoms with E-state index in [-0.39, 0.29) is 29.9 Å². The lowest BCUT2D eigenvalue weighted by Gasteiger charge is -2.10. The summed E-state index contributed by atoms with van der Waals surface area (Å²) in [5.74, 6) is 0.274. The predicted molar refractivity (Wildman–Crippen MR) is 70.9 cm³/mol. The summed E-state index contributed by atoms with van der Waals surface area (Å²) in [4.78, 5) is 0.176. The molecule has 0 aliphatic carbocycles. The van der Waals surface area contributed by atoms with Crippen LogP contribution >= 0.6 is 0 Å². The van der Waals surface area contributed by atoms with Gasteiger partial charge in [0, 0.05) is 24.5 Å². The van der Waals surface area contributed by atoms with Gasteiger partial charge < -0.3 is 10.3 Å². The molecule has 2 aromatic heterocycles. The van der Waals surface area contributed by atoms with Crippen molar-refractivity contribution in [2.45, 2.75) is 37.9 Å². The minimum absolute atomic E-state index is 0.0242. The number of hydrogen-bond donors (Lipinski definition) is 3. The lowest BCUT2D eigenvalue weighted by Crippen LogP contribution is -2.23. The largest absolute Gasteiger partial charge is 0.346 e. The van der Waals surface area contributed by atoms with Crippen LogP contribution in [0.1, 0.15) is 31.4 Å². The van der Waals surface area contributed by atoms with Gasteiger partial charge in [0.25, 0.3) is 0 Å². The van der Waals surface area contributed by atoms with Gasteiger partial charge in [0.1, 0.15) is 0 Å². The van der Waals surface area contributed by atoms with Crippen LogP contribution in [0.25, 0.3) is 0 Å². The number of hydrogen-bond acceptors (Lipinski definition) is 6. The molecule has 2 heterocycles. The second kappa shape index (κ2) is 5.69. The predicted octanol–water partition coefficient (Wildman–Crippen LogP) is -0.481. The first-order valence-corrected chi connectivity index (χ1v) is 7.55. The fraction of sp³-hybridized carbons (Fsp3) is 0.500. The Labute approximate surface area is 116 Å². The SMILES string of the molecule is CC(C)n1cc(S(=O)(=O)NCc2nn[nH]n2)cc1CN. The molecule has 0 radical (unpaired) electrons. The maximum Gasteiger partial charge on any atom is 0.242 e. The molecule has 10 heteroatoms. The smallest absolute Gasteiger partial charge is 0.242 e. The van der Waals surface area contributed by atoms with Gasteiger partial charge in [-0.15, -0.1) is 10.2 Å². The topological polar surface area (TPSA) is 132 Å². The van der Waals surface area contributed by atoms with Gasteiger partial charge in [0.2, 0.25) is 10.0 Å². The van der Waals surface area contributed by atoms with Crippen molar-refractivity contribution < 1.29 is 8.42 Å². The fourth-order valence-electron chi connectivity index (χ4n) is 1.79. The van der Waals surface area contributed by atoms with Crippen LogP contribution in [0.5, 0.6) is 0 Å². The van der Waals surface area contributed by atoms with Gasteiger partial charge in [-0.25, -0.2) is 13.1 Å². The van der Waals surface area contributed by atoms with Crippen molar-refractivity contribution in [3.8, 4) is 0 Å². The summed E-state index contributed by atoms with van der Waals surface area (Å²) in [6, 6.07) is 1.70. The Bertz CT molecular complexity index is 660. The summed E-state index contributed by atoms with van der Waals surface area (Å²) in [5.41, 5.74) is 6.39. The zero-order chi connectivity index (χ0) is 14.8. The molecule has 0 saturated heterocycles. The molecule has 0 fully saturated rings. The highest BCUT2D eigenvalue weighted by Gasteiger charge is 2.19. The zero-order valence-corrected chi connectivity index (χ0v) is 12.1. The molecule has 2 rings (SSSR count). The Hall–Kier alpha value is -1.78. The van der Waals surface area contributed by atoms with E-state index in [1.54, 1.807) is 12.3 Å². The highest BCUT2D eigenvalue weighted by molar-refractivity contribution is 7.89. The molecular weight excluding hydrogens is 282 g/mol. The highest BCUT2D eigenvalue weighted by Crippen LogP contribution is 2.18. The molecule has 9 nitrogen and oxygen atoms in total. The number of aromatic amines is 1. The van der Waals surface area contributed by atoms with Crippen LogP contribution in [0.4, 0.5) is 0 Å². The first kappa shape index (κ1) is 14.6. The van der Waals surface area contributed by atoms with Gasteiger partial charge in [-0.3, -0.25) is 0 Å². The molecular formula is C10H17N7O2S. The number of H-pyrrole nitrogens is 1. The summed E-state index contributed by atoms with van der Waals surface area (Å²) >= 11 is 0. The quantitative estimate of drug-likeness (QED) is 0.660. The molecule has 0 aliphatic heterocycles. The first-order chi connectivity index (χ1) is 9.44. The third-order valence-electron chi connectivity index (χ3n) is 2.79. The standard InChI is InChI=1S/C10H17N7O2S/c1-7(2)17-6-9(3-8(17)4-11)20(18,19)12-5-10-13-15-16-14-10/h3,6-7,12H,4-5,11H2,1-2H3,(H,13,14,15,16). The van der Waals surface area contributed by atoms with Crippen molar-refractivity contribution in [2.75, 3.05) is 0 Å². The van der Waals surface area contributed by atoms with Crippen molar-refractivity contribution >= 4 is 10.0 Å². The van der Waals surface area contributed by atoms with E-state index >= 15 is 0 Å². The molecule has 0 spiro atoms. The Morgan fingerprint density at radius 1 is 1.50 bits per heavy atom. The summed E-state index contributed by atoms with van der Waals surface area (Å²) in [5, 5.41) is 13.0. The third kappa shape index (κ3) is 3.03. The summed E-state index contributed by atoms with van der Waals surface area (Å²) in [6.45, 7) is 4.17. The Kier molecular flexibility index (Phi) is 4.16. The maximum atomic E-state index is 12.2. The summed E-state index contributed by atoms with van der Waals surface area (Å²) in [6.07, 6.45) is 1.57. The van der Waals surface area contributed by atoms with Gasteiger partial charge in [0.05, 0.1) is 11.4 Å². The van der Waals surface area contributed by atoms with Crippen LogP contribution in [0.3, 0.4) is 0 Å². The fourth-order valence-corrected chi connectivity index (χ4v) is 2.82. The molecule has 0 aromatic carbocycles. The Morgan fingerprint density at radius 3 is 2.75 bits per heavy atom. The lowest BCUT2D eigenvalue weighted by molar-refractivity contribution is 0.568. The van der Waals surface area contributed by atoms with Gasteiger partial charge in [-0.2, -0.15) is 5.21 Å². The molecule has 0 atom stereocenters. The monoisotopic (exact) mass is 299 g/mol. The Balaban J connectivity index is 2.21. The van der Waals surface area contributed by atoms with Crippen molar-refractivity contribution in [3.63, 3.8) is 0 Å². The number of tetrazole rings is 1. The van der Waals surface area contributed by atoms with Crippen LogP contribution < -0.4 is 10.5 Å². The van der Waals surface area contributed by atoms with E-state index in [2.05, 4.69) is 25.3 Å². The van der Waals surface area contributed by atoms with E-state index < -0.39 is 10.0 Å². The van der Waals surface area contributed by atoms with Crippen LogP contribution in [-0.2, 0) is 23.1 Å². The number of nitrogens with two attached hydrogens (primary N) is 1. The zero-order valence-electron chi connectivity index (χ0n) is 11.2. The van der Waals surface area contributed by atoms with E-state index in [1.165, 1.54) is 0 Å². The van der Waals surface area contributed by atoms with E-state index in [1.807, 2.05) is 18.4 Å². The summed E-state index contributed by atoms with van der Waals surface area (Å²) in [7, 11) is -3.63. The Morgan fingerprint density at radius 2 is 2.25 bits per heavy atom. The molecule has 0 bridgehead atoms. The van der Waals surface area contributed by atoms with Crippen molar-refractivity contribution in [3.05, 3.63) is 23.8 Å². The number of nitrogens with one attached hydrogen (secondary N) is 2. The van der Waals surface area contributed by atoms with Crippen LogP contribution in [0, 0.1) is 0 Å². The molecule has 0 amide bonds. The summed E-state index contributed by atoms with van der Waals surface area (Å²) < 4.78 is 28.6. The average molecular weight is 299 g/mol. The second-order valence-electron chi connectivity index (χ2n) is 4.52. The van der Waals surface area contributed by atoms with Crippen LogP contribution in [0.15, 0.2) is 17.2 Å². The highest BCUT2D eigenvalue weighted by atomic mass is 32.2. The van der Waals surface area contributed by atoms with Gasteiger partial charge in [0.15, 0.2) is 5.82 Å². The van der Waals surface area contributed by atoms with Gasteiger partial charge in [-0.05, 0) is 19.9 Å². The molecule has 110 valence electrons. The normalized spacial score (nSPS) is 12.2. The van der Waals surface area contributed by atoms with Crippen molar-refractivity contribution in [2.24, 2.45) is 5.73 Å². The minimum atomic E-state index is -3.63. The van der Waals surface area contributed by atoms with E-state index in [0.29, 0.717) is 0 Å². The van der Waals surface area contributed by atoms with Crippen LogP contribution in [-0.4, -0.2) is 33.6 Å². The average Bonchev–Trinajstić information content (AvgIpc) is 3.05. The van der Waals surface area contributed by atoms with Crippen molar-refractivity contribution in [1.82, 2.24) is 29.9 Å². The molecule has 0 aliphatic rings. The van der Waals surface area contributed by atoms with E-state index in [4.69, 9.17) is 5.73 Å². The lowest BCUT2D eigenvalue weighted by atomic mass is 10.3. The number of rotatable bonds is 6. The number of nitrogens with zero attached hydrogens (tertiary/aromatic N) is 4. The molecule has 4 N–H and O–H groups in total. The van der Waals surface area contributed by atoms with E-state index in [9.17, 15) is 8.42 Å². The molecule has 20 heavy (non-hydrogen) atoms. The maximum absolute atomic E-state index is 12.2. The number of sulfonamides is 1. The first-order valence-electron chi connectivity index (χ1n) is 6.07. The van der Waals surface area contributed by atoms with E-state index in [0.717, 1.165) is 5.69 Å². The van der Waals surface area contributed by atoms with Crippen molar-refractivity contribution in [1.29, 1.82) is 0 Å². The minimum Gasteiger partial charge on any atom is -0.346 e. The van der Waals surface area contributed by atoms with Gasteiger partial charge >= 0.3 is 0 Å². The number of aromatic nitrogens is 5. The second-order valence-corrected chi connectivity index (χ2v) is 6.29. The van der Waals surface area contributed by atoms with Gasteiger partial charge in [-0.1, -0.05) is 5.21 Å². The van der Waals surface area contributed by atoms with Crippen LogP contribution in [0.2, 0.25) is 0 Å². The third-order valence-corrected chi connectivity index (χ3v) is 4.16.